The van der Waals surface area contributed by atoms with Gasteiger partial charge in [-0.2, -0.15) is 0 Å². The maximum absolute atomic E-state index is 13.4. The molecule has 1 aromatic rings. The summed E-state index contributed by atoms with van der Waals surface area (Å²) in [6.07, 6.45) is 8.98. The second-order valence-electron chi connectivity index (χ2n) is 9.47. The van der Waals surface area contributed by atoms with Crippen molar-refractivity contribution in [3.63, 3.8) is 0 Å². The molecule has 0 saturated heterocycles. The van der Waals surface area contributed by atoms with E-state index in [9.17, 15) is 19.5 Å². The number of carboxylic acid groups (broad SMARTS) is 1. The molecule has 2 aliphatic carbocycles. The molecule has 2 aliphatic rings. The van der Waals surface area contributed by atoms with Crippen molar-refractivity contribution in [2.75, 3.05) is 13.2 Å². The quantitative estimate of drug-likeness (QED) is 0.494. The summed E-state index contributed by atoms with van der Waals surface area (Å²) in [4.78, 5) is 39.0. The molecular formula is C26H38N2O5. The summed E-state index contributed by atoms with van der Waals surface area (Å²) in [5.41, 5.74) is 2.31. The van der Waals surface area contributed by atoms with Crippen molar-refractivity contribution < 1.29 is 24.2 Å². The van der Waals surface area contributed by atoms with Crippen LogP contribution in [0.1, 0.15) is 69.9 Å². The van der Waals surface area contributed by atoms with Crippen LogP contribution in [0.4, 0.5) is 0 Å². The molecule has 0 aliphatic heterocycles. The van der Waals surface area contributed by atoms with Crippen molar-refractivity contribution in [1.82, 2.24) is 10.2 Å². The molecule has 2 atom stereocenters. The van der Waals surface area contributed by atoms with Crippen LogP contribution in [-0.2, 0) is 32.0 Å². The van der Waals surface area contributed by atoms with E-state index < -0.39 is 18.1 Å². The third-order valence-corrected chi connectivity index (χ3v) is 7.04. The molecular weight excluding hydrogens is 420 g/mol. The smallest absolute Gasteiger partial charge is 0.323 e. The second kappa shape index (κ2) is 12.2. The van der Waals surface area contributed by atoms with E-state index in [1.165, 1.54) is 37.0 Å². The Morgan fingerprint density at radius 1 is 1.12 bits per heavy atom. The molecule has 3 rings (SSSR count). The fraction of sp³-hybridized carbons (Fsp3) is 0.654. The van der Waals surface area contributed by atoms with Gasteiger partial charge in [-0.3, -0.25) is 19.7 Å². The molecule has 7 nitrogen and oxygen atoms in total. The number of esters is 1. The van der Waals surface area contributed by atoms with Gasteiger partial charge in [0.15, 0.2) is 0 Å². The Bertz CT molecular complexity index is 796. The Morgan fingerprint density at radius 3 is 2.33 bits per heavy atom. The minimum atomic E-state index is -1.04. The topological polar surface area (TPSA) is 95.9 Å². The molecule has 1 unspecified atom stereocenters. The summed E-state index contributed by atoms with van der Waals surface area (Å²) < 4.78 is 5.27. The molecule has 1 amide bonds. The summed E-state index contributed by atoms with van der Waals surface area (Å²) >= 11 is 0. The van der Waals surface area contributed by atoms with Crippen molar-refractivity contribution in [3.8, 4) is 0 Å². The van der Waals surface area contributed by atoms with E-state index in [1.807, 2.05) is 24.3 Å². The SMILES string of the molecule is CCOC(=O)C(CCC1CCCCC1)N[C@@H](C)C(=O)N(CC(=O)O)C1Cc2ccccc2C1. The van der Waals surface area contributed by atoms with Crippen LogP contribution in [0.25, 0.3) is 0 Å². The fourth-order valence-corrected chi connectivity index (χ4v) is 5.30. The number of carbonyl (C=O) groups is 3. The lowest BCUT2D eigenvalue weighted by Gasteiger charge is -2.32. The van der Waals surface area contributed by atoms with E-state index in [2.05, 4.69) is 5.32 Å². The monoisotopic (exact) mass is 458 g/mol. The van der Waals surface area contributed by atoms with Crippen molar-refractivity contribution in [2.24, 2.45) is 5.92 Å². The summed E-state index contributed by atoms with van der Waals surface area (Å²) in [6, 6.07) is 6.53. The highest BCUT2D eigenvalue weighted by molar-refractivity contribution is 5.86. The Morgan fingerprint density at radius 2 is 1.76 bits per heavy atom. The Labute approximate surface area is 196 Å². The van der Waals surface area contributed by atoms with Crippen LogP contribution < -0.4 is 5.32 Å². The van der Waals surface area contributed by atoms with Gasteiger partial charge >= 0.3 is 11.9 Å². The predicted octanol–water partition coefficient (Wildman–Crippen LogP) is 3.34. The Kier molecular flexibility index (Phi) is 9.30. The molecule has 33 heavy (non-hydrogen) atoms. The third kappa shape index (κ3) is 7.03. The predicted molar refractivity (Wildman–Crippen MR) is 126 cm³/mol. The molecule has 7 heteroatoms. The van der Waals surface area contributed by atoms with E-state index >= 15 is 0 Å². The highest BCUT2D eigenvalue weighted by Gasteiger charge is 2.35. The molecule has 0 radical (unpaired) electrons. The van der Waals surface area contributed by atoms with E-state index in [-0.39, 0.29) is 31.1 Å². The van der Waals surface area contributed by atoms with Crippen LogP contribution in [0, 0.1) is 5.92 Å². The van der Waals surface area contributed by atoms with Gasteiger partial charge in [0.2, 0.25) is 5.91 Å². The fourth-order valence-electron chi connectivity index (χ4n) is 5.30. The van der Waals surface area contributed by atoms with E-state index in [1.54, 1.807) is 13.8 Å². The highest BCUT2D eigenvalue weighted by Crippen LogP contribution is 2.28. The van der Waals surface area contributed by atoms with E-state index in [4.69, 9.17) is 4.74 Å². The first kappa shape index (κ1) is 25.2. The molecule has 0 bridgehead atoms. The number of carboxylic acids is 1. The Hall–Kier alpha value is -2.41. The van der Waals surface area contributed by atoms with Crippen molar-refractivity contribution in [3.05, 3.63) is 35.4 Å². The first-order chi connectivity index (χ1) is 15.9. The number of rotatable bonds is 11. The number of nitrogens with zero attached hydrogens (tertiary/aromatic N) is 1. The number of hydrogen-bond donors (Lipinski definition) is 2. The van der Waals surface area contributed by atoms with Crippen molar-refractivity contribution >= 4 is 17.8 Å². The molecule has 1 aromatic carbocycles. The lowest BCUT2D eigenvalue weighted by molar-refractivity contribution is -0.149. The summed E-state index contributed by atoms with van der Waals surface area (Å²) in [5.74, 6) is -1.05. The third-order valence-electron chi connectivity index (χ3n) is 7.04. The second-order valence-corrected chi connectivity index (χ2v) is 9.47. The average Bonchev–Trinajstić information content (AvgIpc) is 3.24. The Balaban J connectivity index is 1.66. The number of ether oxygens (including phenoxy) is 1. The number of hydrogen-bond acceptors (Lipinski definition) is 5. The number of fused-ring (bicyclic) bond motifs is 1. The zero-order valence-corrected chi connectivity index (χ0v) is 19.9. The molecule has 0 spiro atoms. The lowest BCUT2D eigenvalue weighted by atomic mass is 9.85. The maximum atomic E-state index is 13.4. The summed E-state index contributed by atoms with van der Waals surface area (Å²) in [7, 11) is 0. The number of benzene rings is 1. The number of nitrogens with one attached hydrogen (secondary N) is 1. The van der Waals surface area contributed by atoms with Gasteiger partial charge in [0.1, 0.15) is 12.6 Å². The van der Waals surface area contributed by atoms with Crippen LogP contribution in [0.2, 0.25) is 0 Å². The molecule has 0 heterocycles. The van der Waals surface area contributed by atoms with Crippen molar-refractivity contribution in [1.29, 1.82) is 0 Å². The largest absolute Gasteiger partial charge is 0.480 e. The normalized spacial score (nSPS) is 18.4. The van der Waals surface area contributed by atoms with Gasteiger partial charge < -0.3 is 14.7 Å². The number of aliphatic carboxylic acids is 1. The molecule has 2 N–H and O–H groups in total. The molecule has 1 saturated carbocycles. The maximum Gasteiger partial charge on any atom is 0.323 e. The summed E-state index contributed by atoms with van der Waals surface area (Å²) in [6.45, 7) is 3.42. The highest BCUT2D eigenvalue weighted by atomic mass is 16.5. The van der Waals surface area contributed by atoms with Crippen molar-refractivity contribution in [2.45, 2.75) is 89.8 Å². The van der Waals surface area contributed by atoms with E-state index in [0.717, 1.165) is 17.5 Å². The molecule has 182 valence electrons. The number of carbonyl (C=O) groups excluding carboxylic acids is 2. The van der Waals surface area contributed by atoms with Crippen LogP contribution in [0.3, 0.4) is 0 Å². The minimum absolute atomic E-state index is 0.196. The van der Waals surface area contributed by atoms with Crippen LogP contribution in [0.5, 0.6) is 0 Å². The van der Waals surface area contributed by atoms with Crippen LogP contribution in [-0.4, -0.2) is 59.1 Å². The van der Waals surface area contributed by atoms with Gasteiger partial charge in [0.05, 0.1) is 12.6 Å². The summed E-state index contributed by atoms with van der Waals surface area (Å²) in [5, 5.41) is 12.7. The standard InChI is InChI=1S/C26H38N2O5/c1-3-33-26(32)23(14-13-19-9-5-4-6-10-19)27-18(2)25(31)28(17-24(29)30)22-15-20-11-7-8-12-21(20)16-22/h7-8,11-12,18-19,22-23,27H,3-6,9-10,13-17H2,1-2H3,(H,29,30)/t18-,23?/m0/s1. The van der Waals surface area contributed by atoms with E-state index in [0.29, 0.717) is 25.2 Å². The van der Waals surface area contributed by atoms with Gasteiger partial charge in [0.25, 0.3) is 0 Å². The van der Waals surface area contributed by atoms with Crippen LogP contribution in [0.15, 0.2) is 24.3 Å². The lowest BCUT2D eigenvalue weighted by Crippen LogP contribution is -2.54. The first-order valence-corrected chi connectivity index (χ1v) is 12.4. The van der Waals surface area contributed by atoms with Gasteiger partial charge in [-0.1, -0.05) is 56.4 Å². The zero-order valence-electron chi connectivity index (χ0n) is 19.9. The van der Waals surface area contributed by atoms with Gasteiger partial charge in [0, 0.05) is 6.04 Å². The first-order valence-electron chi connectivity index (χ1n) is 12.4. The van der Waals surface area contributed by atoms with Gasteiger partial charge in [-0.25, -0.2) is 0 Å². The number of amides is 1. The zero-order chi connectivity index (χ0) is 23.8. The minimum Gasteiger partial charge on any atom is -0.480 e. The molecule has 1 fully saturated rings. The van der Waals surface area contributed by atoms with Gasteiger partial charge in [-0.15, -0.1) is 0 Å². The average molecular weight is 459 g/mol. The van der Waals surface area contributed by atoms with Gasteiger partial charge in [-0.05, 0) is 56.6 Å². The van der Waals surface area contributed by atoms with Crippen LogP contribution >= 0.6 is 0 Å². The molecule has 0 aromatic heterocycles.